The van der Waals surface area contributed by atoms with Gasteiger partial charge >= 0.3 is 0 Å². The quantitative estimate of drug-likeness (QED) is 0.827. The lowest BCUT2D eigenvalue weighted by atomic mass is 10.1. The Labute approximate surface area is 116 Å². The average molecular weight is 267 g/mol. The Morgan fingerprint density at radius 2 is 2.05 bits per heavy atom. The van der Waals surface area contributed by atoms with Crippen LogP contribution in [0, 0.1) is 11.7 Å². The van der Waals surface area contributed by atoms with E-state index in [0.29, 0.717) is 23.8 Å². The second kappa shape index (κ2) is 6.85. The van der Waals surface area contributed by atoms with E-state index >= 15 is 0 Å². The summed E-state index contributed by atoms with van der Waals surface area (Å²) in [6.07, 6.45) is 2.72. The van der Waals surface area contributed by atoms with E-state index in [9.17, 15) is 4.39 Å². The molecule has 0 amide bonds. The Hall–Kier alpha value is -1.16. The van der Waals surface area contributed by atoms with Crippen LogP contribution in [0.2, 0.25) is 0 Å². The minimum atomic E-state index is -0.248. The molecule has 2 N–H and O–H groups in total. The predicted molar refractivity (Wildman–Crippen MR) is 78.7 cm³/mol. The van der Waals surface area contributed by atoms with E-state index in [4.69, 9.17) is 0 Å². The lowest BCUT2D eigenvalue weighted by molar-refractivity contribution is 0.418. The van der Waals surface area contributed by atoms with E-state index in [2.05, 4.69) is 50.2 Å². The van der Waals surface area contributed by atoms with Gasteiger partial charge in [-0.3, -0.25) is 0 Å². The first-order valence-corrected chi connectivity index (χ1v) is 6.95. The Morgan fingerprint density at radius 1 is 1.37 bits per heavy atom. The van der Waals surface area contributed by atoms with Crippen molar-refractivity contribution >= 4 is 5.82 Å². The molecule has 0 saturated carbocycles. The fourth-order valence-corrected chi connectivity index (χ4v) is 1.52. The summed E-state index contributed by atoms with van der Waals surface area (Å²) in [5.41, 5.74) is 0.622. The largest absolute Gasteiger partial charge is 0.367 e. The second-order valence-electron chi connectivity index (χ2n) is 6.13. The Morgan fingerprint density at radius 3 is 2.63 bits per heavy atom. The molecule has 108 valence electrons. The molecule has 0 aliphatic rings. The molecule has 0 aliphatic carbocycles. The normalized spacial score (nSPS) is 13.4. The lowest BCUT2D eigenvalue weighted by Gasteiger charge is -2.21. The molecule has 1 rings (SSSR count). The van der Waals surface area contributed by atoms with Crippen LogP contribution in [0.1, 0.15) is 46.6 Å². The van der Waals surface area contributed by atoms with Gasteiger partial charge in [0, 0.05) is 30.4 Å². The van der Waals surface area contributed by atoms with E-state index in [1.54, 1.807) is 12.3 Å². The molecule has 1 aromatic rings. The molecule has 3 nitrogen and oxygen atoms in total. The molecule has 0 radical (unpaired) electrons. The predicted octanol–water partition coefficient (Wildman–Crippen LogP) is 3.57. The number of halogens is 1. The van der Waals surface area contributed by atoms with Crippen LogP contribution >= 0.6 is 0 Å². The third-order valence-electron chi connectivity index (χ3n) is 3.09. The molecule has 1 atom stereocenters. The molecule has 0 fully saturated rings. The topological polar surface area (TPSA) is 37.0 Å². The van der Waals surface area contributed by atoms with Crippen molar-refractivity contribution in [2.24, 2.45) is 5.92 Å². The van der Waals surface area contributed by atoms with Crippen LogP contribution in [0.4, 0.5) is 10.2 Å². The number of hydrogen-bond donors (Lipinski definition) is 2. The summed E-state index contributed by atoms with van der Waals surface area (Å²) in [7, 11) is 0. The van der Waals surface area contributed by atoms with Crippen LogP contribution in [0.25, 0.3) is 0 Å². The van der Waals surface area contributed by atoms with Gasteiger partial charge in [0.15, 0.2) is 11.6 Å². The van der Waals surface area contributed by atoms with Gasteiger partial charge in [-0.1, -0.05) is 20.3 Å². The monoisotopic (exact) mass is 267 g/mol. The van der Waals surface area contributed by atoms with Crippen molar-refractivity contribution < 1.29 is 4.39 Å². The van der Waals surface area contributed by atoms with Gasteiger partial charge in [0.2, 0.25) is 0 Å². The molecule has 19 heavy (non-hydrogen) atoms. The molecule has 0 aromatic carbocycles. The highest BCUT2D eigenvalue weighted by molar-refractivity contribution is 5.39. The van der Waals surface area contributed by atoms with E-state index in [-0.39, 0.29) is 11.4 Å². The van der Waals surface area contributed by atoms with Crippen molar-refractivity contribution in [2.75, 3.05) is 11.9 Å². The summed E-state index contributed by atoms with van der Waals surface area (Å²) in [5.74, 6) is 0.619. The minimum Gasteiger partial charge on any atom is -0.367 e. The Kier molecular flexibility index (Phi) is 5.73. The highest BCUT2D eigenvalue weighted by Gasteiger charge is 2.13. The molecule has 0 spiro atoms. The minimum absolute atomic E-state index is 0.0278. The third kappa shape index (κ3) is 5.55. The molecule has 0 saturated heterocycles. The van der Waals surface area contributed by atoms with E-state index < -0.39 is 0 Å². The van der Waals surface area contributed by atoms with Gasteiger partial charge < -0.3 is 10.6 Å². The maximum atomic E-state index is 14.2. The standard InChI is InChI=1S/C15H26FN3/c1-6-11(2)9-18-14-13(16)12(7-8-17-14)10-19-15(3,4)5/h7-8,11,19H,6,9-10H2,1-5H3,(H,17,18). The number of nitrogens with zero attached hydrogens (tertiary/aromatic N) is 1. The number of nitrogens with one attached hydrogen (secondary N) is 2. The number of anilines is 1. The second-order valence-corrected chi connectivity index (χ2v) is 6.13. The van der Waals surface area contributed by atoms with Gasteiger partial charge in [0.25, 0.3) is 0 Å². The maximum absolute atomic E-state index is 14.2. The van der Waals surface area contributed by atoms with Crippen molar-refractivity contribution in [3.8, 4) is 0 Å². The summed E-state index contributed by atoms with van der Waals surface area (Å²) in [4.78, 5) is 4.08. The summed E-state index contributed by atoms with van der Waals surface area (Å²) in [5, 5.41) is 6.37. The smallest absolute Gasteiger partial charge is 0.169 e. The molecule has 4 heteroatoms. The summed E-state index contributed by atoms with van der Waals surface area (Å²) in [6, 6.07) is 1.72. The van der Waals surface area contributed by atoms with E-state index in [1.165, 1.54) is 0 Å². The fourth-order valence-electron chi connectivity index (χ4n) is 1.52. The maximum Gasteiger partial charge on any atom is 0.169 e. The van der Waals surface area contributed by atoms with E-state index in [0.717, 1.165) is 13.0 Å². The van der Waals surface area contributed by atoms with Gasteiger partial charge in [-0.2, -0.15) is 0 Å². The van der Waals surface area contributed by atoms with Crippen LogP contribution in [-0.2, 0) is 6.54 Å². The fraction of sp³-hybridized carbons (Fsp3) is 0.667. The van der Waals surface area contributed by atoms with Gasteiger partial charge in [0.1, 0.15) is 0 Å². The van der Waals surface area contributed by atoms with Crippen LogP contribution in [0.15, 0.2) is 12.3 Å². The van der Waals surface area contributed by atoms with Crippen molar-refractivity contribution in [1.29, 1.82) is 0 Å². The number of pyridine rings is 1. The van der Waals surface area contributed by atoms with E-state index in [1.807, 2.05) is 0 Å². The third-order valence-corrected chi connectivity index (χ3v) is 3.09. The van der Waals surface area contributed by atoms with Gasteiger partial charge in [-0.25, -0.2) is 9.37 Å². The first-order chi connectivity index (χ1) is 8.83. The number of aromatic nitrogens is 1. The molecule has 0 bridgehead atoms. The summed E-state index contributed by atoms with van der Waals surface area (Å²) < 4.78 is 14.2. The molecule has 1 aromatic heterocycles. The van der Waals surface area contributed by atoms with Crippen LogP contribution in [0.3, 0.4) is 0 Å². The first-order valence-electron chi connectivity index (χ1n) is 6.95. The molecular weight excluding hydrogens is 241 g/mol. The highest BCUT2D eigenvalue weighted by Crippen LogP contribution is 2.16. The van der Waals surface area contributed by atoms with Crippen LogP contribution in [-0.4, -0.2) is 17.1 Å². The molecule has 0 aliphatic heterocycles. The molecule has 1 unspecified atom stereocenters. The Balaban J connectivity index is 2.69. The summed E-state index contributed by atoms with van der Waals surface area (Å²) in [6.45, 7) is 11.7. The zero-order chi connectivity index (χ0) is 14.5. The zero-order valence-electron chi connectivity index (χ0n) is 12.7. The lowest BCUT2D eigenvalue weighted by Crippen LogP contribution is -2.35. The van der Waals surface area contributed by atoms with Crippen molar-refractivity contribution in [2.45, 2.75) is 53.1 Å². The molecular formula is C15H26FN3. The van der Waals surface area contributed by atoms with Gasteiger partial charge in [0.05, 0.1) is 0 Å². The number of hydrogen-bond acceptors (Lipinski definition) is 3. The van der Waals surface area contributed by atoms with Crippen LogP contribution in [0.5, 0.6) is 0 Å². The van der Waals surface area contributed by atoms with Gasteiger partial charge in [-0.05, 0) is 32.8 Å². The van der Waals surface area contributed by atoms with Crippen LogP contribution < -0.4 is 10.6 Å². The number of rotatable bonds is 6. The van der Waals surface area contributed by atoms with Crippen molar-refractivity contribution in [1.82, 2.24) is 10.3 Å². The molecule has 1 heterocycles. The van der Waals surface area contributed by atoms with Gasteiger partial charge in [-0.15, -0.1) is 0 Å². The van der Waals surface area contributed by atoms with Crippen molar-refractivity contribution in [3.63, 3.8) is 0 Å². The average Bonchev–Trinajstić information content (AvgIpc) is 2.34. The zero-order valence-corrected chi connectivity index (χ0v) is 12.7. The first kappa shape index (κ1) is 15.9. The van der Waals surface area contributed by atoms with Crippen molar-refractivity contribution in [3.05, 3.63) is 23.6 Å². The SMILES string of the molecule is CCC(C)CNc1nccc(CNC(C)(C)C)c1F. The summed E-state index contributed by atoms with van der Waals surface area (Å²) >= 11 is 0. The Bertz CT molecular complexity index is 399. The highest BCUT2D eigenvalue weighted by atomic mass is 19.1.